The lowest BCUT2D eigenvalue weighted by Gasteiger charge is -2.12. The van der Waals surface area contributed by atoms with E-state index in [4.69, 9.17) is 8.94 Å². The molecule has 2 aromatic heterocycles. The third kappa shape index (κ3) is 3.68. The summed E-state index contributed by atoms with van der Waals surface area (Å²) in [6.07, 6.45) is 1.59. The van der Waals surface area contributed by atoms with E-state index in [0.717, 1.165) is 5.56 Å². The Morgan fingerprint density at radius 1 is 1.16 bits per heavy atom. The topological polar surface area (TPSA) is 85.3 Å². The monoisotopic (exact) mass is 338 g/mol. The minimum Gasteiger partial charge on any atom is -0.461 e. The summed E-state index contributed by atoms with van der Waals surface area (Å²) in [6, 6.07) is 12.2. The molecular formula is C19H18N2O4. The molecule has 1 aromatic carbocycles. The predicted octanol–water partition coefficient (Wildman–Crippen LogP) is 3.63. The van der Waals surface area contributed by atoms with Crippen LogP contribution in [0.2, 0.25) is 0 Å². The molecule has 2 heterocycles. The summed E-state index contributed by atoms with van der Waals surface area (Å²) in [6.45, 7) is 3.46. The van der Waals surface area contributed by atoms with Crippen LogP contribution in [-0.2, 0) is 0 Å². The van der Waals surface area contributed by atoms with Gasteiger partial charge < -0.3 is 14.3 Å². The van der Waals surface area contributed by atoms with Gasteiger partial charge in [-0.3, -0.25) is 9.59 Å². The summed E-state index contributed by atoms with van der Waals surface area (Å²) in [5.41, 5.74) is 1.66. The van der Waals surface area contributed by atoms with Crippen molar-refractivity contribution in [2.45, 2.75) is 26.3 Å². The van der Waals surface area contributed by atoms with E-state index in [2.05, 4.69) is 10.5 Å². The molecule has 25 heavy (non-hydrogen) atoms. The molecule has 3 rings (SSSR count). The smallest absolute Gasteiger partial charge is 0.257 e. The molecule has 1 amide bonds. The van der Waals surface area contributed by atoms with E-state index >= 15 is 0 Å². The van der Waals surface area contributed by atoms with Crippen molar-refractivity contribution in [2.24, 2.45) is 0 Å². The van der Waals surface area contributed by atoms with Crippen molar-refractivity contribution >= 4 is 11.7 Å². The van der Waals surface area contributed by atoms with Gasteiger partial charge in [0.2, 0.25) is 0 Å². The zero-order valence-electron chi connectivity index (χ0n) is 14.0. The van der Waals surface area contributed by atoms with E-state index < -0.39 is 0 Å². The van der Waals surface area contributed by atoms with Crippen molar-refractivity contribution in [3.63, 3.8) is 0 Å². The van der Waals surface area contributed by atoms with Crippen molar-refractivity contribution < 1.29 is 18.5 Å². The first-order valence-corrected chi connectivity index (χ1v) is 7.95. The highest BCUT2D eigenvalue weighted by Crippen LogP contribution is 2.25. The molecule has 1 atom stereocenters. The number of ketones is 1. The van der Waals surface area contributed by atoms with Gasteiger partial charge in [0, 0.05) is 18.0 Å². The number of benzene rings is 1. The van der Waals surface area contributed by atoms with Crippen LogP contribution in [0.4, 0.5) is 0 Å². The zero-order valence-corrected chi connectivity index (χ0v) is 14.0. The van der Waals surface area contributed by atoms with E-state index in [9.17, 15) is 9.59 Å². The van der Waals surface area contributed by atoms with Gasteiger partial charge >= 0.3 is 0 Å². The number of hydrogen-bond acceptors (Lipinski definition) is 5. The van der Waals surface area contributed by atoms with E-state index in [1.165, 1.54) is 6.26 Å². The van der Waals surface area contributed by atoms with Crippen molar-refractivity contribution in [1.29, 1.82) is 0 Å². The molecule has 0 radical (unpaired) electrons. The van der Waals surface area contributed by atoms with Crippen LogP contribution in [0, 0.1) is 6.92 Å². The molecule has 0 saturated carbocycles. The first kappa shape index (κ1) is 16.7. The molecule has 6 heteroatoms. The molecule has 3 aromatic rings. The number of nitrogens with zero attached hydrogens (tertiary/aromatic N) is 1. The third-order valence-electron chi connectivity index (χ3n) is 3.80. The van der Waals surface area contributed by atoms with Gasteiger partial charge in [-0.25, -0.2) is 0 Å². The Morgan fingerprint density at radius 3 is 2.60 bits per heavy atom. The number of Topliss-reactive ketones (excluding diaryl/α,β-unsaturated/α-hetero) is 1. The number of nitrogens with one attached hydrogen (secondary N) is 1. The molecule has 0 aliphatic heterocycles. The van der Waals surface area contributed by atoms with Crippen LogP contribution in [-0.4, -0.2) is 22.9 Å². The summed E-state index contributed by atoms with van der Waals surface area (Å²) in [7, 11) is 0. The SMILES string of the molecule is Cc1onc(-c2ccccc2)c1C(=O)NC(C)CC(=O)c1ccco1. The molecule has 128 valence electrons. The number of amides is 1. The normalized spacial score (nSPS) is 11.9. The van der Waals surface area contributed by atoms with Gasteiger partial charge in [-0.2, -0.15) is 0 Å². The summed E-state index contributed by atoms with van der Waals surface area (Å²) < 4.78 is 10.3. The Hall–Kier alpha value is -3.15. The first-order chi connectivity index (χ1) is 12.1. The molecule has 0 saturated heterocycles. The van der Waals surface area contributed by atoms with E-state index in [-0.39, 0.29) is 29.9 Å². The Morgan fingerprint density at radius 2 is 1.92 bits per heavy atom. The van der Waals surface area contributed by atoms with Gasteiger partial charge in [0.15, 0.2) is 11.5 Å². The Bertz CT molecular complexity index is 866. The number of hydrogen-bond donors (Lipinski definition) is 1. The van der Waals surface area contributed by atoms with Crippen LogP contribution in [0.3, 0.4) is 0 Å². The number of aromatic nitrogens is 1. The second-order valence-electron chi connectivity index (χ2n) is 5.81. The van der Waals surface area contributed by atoms with Gasteiger partial charge in [0.1, 0.15) is 17.0 Å². The van der Waals surface area contributed by atoms with Crippen LogP contribution < -0.4 is 5.32 Å². The maximum Gasteiger partial charge on any atom is 0.257 e. The average molecular weight is 338 g/mol. The van der Waals surface area contributed by atoms with E-state index in [0.29, 0.717) is 17.0 Å². The Balaban J connectivity index is 1.73. The fourth-order valence-corrected chi connectivity index (χ4v) is 2.60. The minimum atomic E-state index is -0.358. The van der Waals surface area contributed by atoms with Gasteiger partial charge in [-0.1, -0.05) is 35.5 Å². The van der Waals surface area contributed by atoms with Crippen LogP contribution in [0.1, 0.15) is 40.0 Å². The van der Waals surface area contributed by atoms with Crippen LogP contribution >= 0.6 is 0 Å². The van der Waals surface area contributed by atoms with Gasteiger partial charge in [-0.05, 0) is 26.0 Å². The highest BCUT2D eigenvalue weighted by Gasteiger charge is 2.23. The number of aryl methyl sites for hydroxylation is 1. The summed E-state index contributed by atoms with van der Waals surface area (Å²) >= 11 is 0. The molecule has 0 fully saturated rings. The summed E-state index contributed by atoms with van der Waals surface area (Å²) in [4.78, 5) is 24.7. The highest BCUT2D eigenvalue weighted by atomic mass is 16.5. The van der Waals surface area contributed by atoms with Crippen molar-refractivity contribution in [1.82, 2.24) is 10.5 Å². The average Bonchev–Trinajstić information content (AvgIpc) is 3.25. The first-order valence-electron chi connectivity index (χ1n) is 7.95. The Kier molecular flexibility index (Phi) is 4.79. The predicted molar refractivity (Wildman–Crippen MR) is 91.3 cm³/mol. The van der Waals surface area contributed by atoms with Crippen molar-refractivity contribution in [3.05, 3.63) is 65.8 Å². The molecular weight excluding hydrogens is 320 g/mol. The summed E-state index contributed by atoms with van der Waals surface area (Å²) in [5, 5.41) is 6.82. The molecule has 0 bridgehead atoms. The fourth-order valence-electron chi connectivity index (χ4n) is 2.60. The second-order valence-corrected chi connectivity index (χ2v) is 5.81. The number of rotatable bonds is 6. The van der Waals surface area contributed by atoms with Gasteiger partial charge in [0.05, 0.1) is 6.26 Å². The standard InChI is InChI=1S/C19H18N2O4/c1-12(11-15(22)16-9-6-10-24-16)20-19(23)17-13(2)25-21-18(17)14-7-4-3-5-8-14/h3-10,12H,11H2,1-2H3,(H,20,23). The fraction of sp³-hybridized carbons (Fsp3) is 0.211. The highest BCUT2D eigenvalue weighted by molar-refractivity contribution is 6.01. The Labute approximate surface area is 144 Å². The lowest BCUT2D eigenvalue weighted by molar-refractivity contribution is 0.0906. The molecule has 0 aliphatic rings. The largest absolute Gasteiger partial charge is 0.461 e. The quantitative estimate of drug-likeness (QED) is 0.694. The lowest BCUT2D eigenvalue weighted by atomic mass is 10.0. The number of carbonyl (C=O) groups excluding carboxylic acids is 2. The molecule has 1 N–H and O–H groups in total. The maximum absolute atomic E-state index is 12.7. The van der Waals surface area contributed by atoms with Crippen LogP contribution in [0.5, 0.6) is 0 Å². The molecule has 0 spiro atoms. The van der Waals surface area contributed by atoms with E-state index in [1.807, 2.05) is 30.3 Å². The summed E-state index contributed by atoms with van der Waals surface area (Å²) in [5.74, 6) is 0.230. The maximum atomic E-state index is 12.7. The third-order valence-corrected chi connectivity index (χ3v) is 3.80. The lowest BCUT2D eigenvalue weighted by Crippen LogP contribution is -2.34. The van der Waals surface area contributed by atoms with Crippen molar-refractivity contribution in [3.8, 4) is 11.3 Å². The molecule has 0 aliphatic carbocycles. The second kappa shape index (κ2) is 7.17. The van der Waals surface area contributed by atoms with Gasteiger partial charge in [0.25, 0.3) is 5.91 Å². The zero-order chi connectivity index (χ0) is 17.8. The minimum absolute atomic E-state index is 0.143. The van der Waals surface area contributed by atoms with Gasteiger partial charge in [-0.15, -0.1) is 0 Å². The van der Waals surface area contributed by atoms with E-state index in [1.54, 1.807) is 26.0 Å². The number of carbonyl (C=O) groups is 2. The number of furan rings is 1. The molecule has 1 unspecified atom stereocenters. The van der Waals surface area contributed by atoms with Crippen molar-refractivity contribution in [2.75, 3.05) is 0 Å². The molecule has 6 nitrogen and oxygen atoms in total. The van der Waals surface area contributed by atoms with Crippen LogP contribution in [0.25, 0.3) is 11.3 Å². The van der Waals surface area contributed by atoms with Crippen LogP contribution in [0.15, 0.2) is 57.7 Å².